The maximum atomic E-state index is 12.2. The van der Waals surface area contributed by atoms with Gasteiger partial charge in [-0.2, -0.15) is 0 Å². The first-order chi connectivity index (χ1) is 9.54. The highest BCUT2D eigenvalue weighted by Gasteiger charge is 2.15. The van der Waals surface area contributed by atoms with Gasteiger partial charge in [-0.1, -0.05) is 63.6 Å². The number of hydrogen-bond acceptors (Lipinski definition) is 2. The van der Waals surface area contributed by atoms with Crippen molar-refractivity contribution in [2.75, 3.05) is 6.61 Å². The fourth-order valence-corrected chi connectivity index (χ4v) is 2.02. The number of ketones is 1. The number of allylic oxidation sites excluding steroid dienone is 2. The number of rotatable bonds is 8. The molecule has 2 atom stereocenters. The van der Waals surface area contributed by atoms with Gasteiger partial charge in [0.15, 0.2) is 5.78 Å². The Morgan fingerprint density at radius 3 is 2.50 bits per heavy atom. The van der Waals surface area contributed by atoms with E-state index in [1.807, 2.05) is 44.2 Å². The summed E-state index contributed by atoms with van der Waals surface area (Å²) in [4.78, 5) is 12.2. The van der Waals surface area contributed by atoms with E-state index < -0.39 is 0 Å². The minimum absolute atomic E-state index is 0.0842. The second kappa shape index (κ2) is 8.70. The Kier molecular flexibility index (Phi) is 7.24. The molecule has 0 aliphatic heterocycles. The van der Waals surface area contributed by atoms with E-state index in [9.17, 15) is 4.79 Å². The number of hydrogen-bond donors (Lipinski definition) is 0. The Morgan fingerprint density at radius 2 is 1.90 bits per heavy atom. The summed E-state index contributed by atoms with van der Waals surface area (Å²) in [6.07, 6.45) is 3.12. The van der Waals surface area contributed by atoms with Crippen molar-refractivity contribution in [3.63, 3.8) is 0 Å². The Morgan fingerprint density at radius 1 is 1.25 bits per heavy atom. The SMILES string of the molecule is CCC(C)/C=C(\C)C(=O)[C@@H](C)COCc1ccccc1. The molecule has 2 heteroatoms. The molecule has 2 nitrogen and oxygen atoms in total. The van der Waals surface area contributed by atoms with Crippen LogP contribution in [0.4, 0.5) is 0 Å². The molecule has 0 radical (unpaired) electrons. The quantitative estimate of drug-likeness (QED) is 0.657. The van der Waals surface area contributed by atoms with E-state index in [1.54, 1.807) is 0 Å². The molecule has 1 aromatic rings. The van der Waals surface area contributed by atoms with Crippen molar-refractivity contribution < 1.29 is 9.53 Å². The zero-order valence-corrected chi connectivity index (χ0v) is 13.1. The highest BCUT2D eigenvalue weighted by molar-refractivity contribution is 5.96. The second-order valence-electron chi connectivity index (χ2n) is 5.50. The zero-order chi connectivity index (χ0) is 15.0. The third-order valence-electron chi connectivity index (χ3n) is 3.49. The summed E-state index contributed by atoms with van der Waals surface area (Å²) in [5.41, 5.74) is 1.99. The summed E-state index contributed by atoms with van der Waals surface area (Å²) >= 11 is 0. The van der Waals surface area contributed by atoms with Gasteiger partial charge in [-0.3, -0.25) is 4.79 Å². The number of carbonyl (C=O) groups excluding carboxylic acids is 1. The summed E-state index contributed by atoms with van der Waals surface area (Å²) in [5, 5.41) is 0. The molecule has 0 amide bonds. The normalized spacial score (nSPS) is 14.9. The van der Waals surface area contributed by atoms with Crippen molar-refractivity contribution in [1.29, 1.82) is 0 Å². The Bertz CT molecular complexity index is 434. The molecule has 20 heavy (non-hydrogen) atoms. The summed E-state index contributed by atoms with van der Waals surface area (Å²) in [6, 6.07) is 10.0. The molecule has 0 fully saturated rings. The van der Waals surface area contributed by atoms with Crippen LogP contribution in [0.3, 0.4) is 0 Å². The molecule has 1 unspecified atom stereocenters. The molecule has 0 heterocycles. The first-order valence-electron chi connectivity index (χ1n) is 7.38. The van der Waals surface area contributed by atoms with Crippen LogP contribution in [0, 0.1) is 11.8 Å². The number of carbonyl (C=O) groups is 1. The molecule has 0 aliphatic rings. The summed E-state index contributed by atoms with van der Waals surface area (Å²) in [6.45, 7) is 9.13. The topological polar surface area (TPSA) is 26.3 Å². The molecule has 0 spiro atoms. The van der Waals surface area contributed by atoms with Crippen molar-refractivity contribution in [2.45, 2.75) is 40.7 Å². The zero-order valence-electron chi connectivity index (χ0n) is 13.1. The Balaban J connectivity index is 2.40. The van der Waals surface area contributed by atoms with E-state index in [1.165, 1.54) is 0 Å². The van der Waals surface area contributed by atoms with E-state index in [-0.39, 0.29) is 11.7 Å². The van der Waals surface area contributed by atoms with Crippen LogP contribution in [0.15, 0.2) is 42.0 Å². The fourth-order valence-electron chi connectivity index (χ4n) is 2.02. The predicted octanol–water partition coefficient (Wildman–Crippen LogP) is 4.40. The highest BCUT2D eigenvalue weighted by Crippen LogP contribution is 2.12. The average Bonchev–Trinajstić information content (AvgIpc) is 2.47. The smallest absolute Gasteiger partial charge is 0.163 e. The molecular formula is C18H26O2. The molecule has 0 saturated heterocycles. The van der Waals surface area contributed by atoms with Gasteiger partial charge in [0.2, 0.25) is 0 Å². The summed E-state index contributed by atoms with van der Waals surface area (Å²) in [5.74, 6) is 0.564. The lowest BCUT2D eigenvalue weighted by molar-refractivity contribution is -0.120. The van der Waals surface area contributed by atoms with Crippen LogP contribution >= 0.6 is 0 Å². The van der Waals surface area contributed by atoms with Crippen LogP contribution in [-0.4, -0.2) is 12.4 Å². The van der Waals surface area contributed by atoms with Crippen molar-refractivity contribution in [3.8, 4) is 0 Å². The molecule has 0 N–H and O–H groups in total. The van der Waals surface area contributed by atoms with E-state index >= 15 is 0 Å². The number of ether oxygens (including phenoxy) is 1. The summed E-state index contributed by atoms with van der Waals surface area (Å²) in [7, 11) is 0. The Labute approximate surface area is 122 Å². The monoisotopic (exact) mass is 274 g/mol. The molecular weight excluding hydrogens is 248 g/mol. The minimum Gasteiger partial charge on any atom is -0.376 e. The highest BCUT2D eigenvalue weighted by atomic mass is 16.5. The van der Waals surface area contributed by atoms with Crippen LogP contribution in [0.25, 0.3) is 0 Å². The van der Waals surface area contributed by atoms with E-state index in [0.717, 1.165) is 17.6 Å². The van der Waals surface area contributed by atoms with Gasteiger partial charge in [0, 0.05) is 5.92 Å². The van der Waals surface area contributed by atoms with E-state index in [4.69, 9.17) is 4.74 Å². The first kappa shape index (κ1) is 16.6. The lowest BCUT2D eigenvalue weighted by Gasteiger charge is -2.13. The lowest BCUT2D eigenvalue weighted by Crippen LogP contribution is -2.18. The fraction of sp³-hybridized carbons (Fsp3) is 0.500. The molecule has 0 saturated carbocycles. The van der Waals surface area contributed by atoms with Gasteiger partial charge < -0.3 is 4.74 Å². The number of Topliss-reactive ketones (excluding diaryl/α,β-unsaturated/α-hetero) is 1. The van der Waals surface area contributed by atoms with Crippen LogP contribution < -0.4 is 0 Å². The number of benzene rings is 1. The predicted molar refractivity (Wildman–Crippen MR) is 83.5 cm³/mol. The van der Waals surface area contributed by atoms with E-state index in [2.05, 4.69) is 19.9 Å². The van der Waals surface area contributed by atoms with Crippen molar-refractivity contribution in [2.24, 2.45) is 11.8 Å². The van der Waals surface area contributed by atoms with Gasteiger partial charge in [0.25, 0.3) is 0 Å². The lowest BCUT2D eigenvalue weighted by atomic mass is 9.97. The largest absolute Gasteiger partial charge is 0.376 e. The maximum absolute atomic E-state index is 12.2. The van der Waals surface area contributed by atoms with Crippen molar-refractivity contribution >= 4 is 5.78 Å². The minimum atomic E-state index is -0.0842. The summed E-state index contributed by atoms with van der Waals surface area (Å²) < 4.78 is 5.64. The third-order valence-corrected chi connectivity index (χ3v) is 3.49. The van der Waals surface area contributed by atoms with Gasteiger partial charge in [0.1, 0.15) is 0 Å². The van der Waals surface area contributed by atoms with Crippen LogP contribution in [0.2, 0.25) is 0 Å². The van der Waals surface area contributed by atoms with Gasteiger partial charge in [-0.25, -0.2) is 0 Å². The van der Waals surface area contributed by atoms with Crippen LogP contribution in [0.5, 0.6) is 0 Å². The molecule has 1 rings (SSSR count). The van der Waals surface area contributed by atoms with Crippen molar-refractivity contribution in [3.05, 3.63) is 47.5 Å². The molecule has 0 aromatic heterocycles. The first-order valence-corrected chi connectivity index (χ1v) is 7.38. The van der Waals surface area contributed by atoms with E-state index in [0.29, 0.717) is 19.1 Å². The maximum Gasteiger partial charge on any atom is 0.163 e. The molecule has 1 aromatic carbocycles. The molecule has 0 aliphatic carbocycles. The molecule has 110 valence electrons. The average molecular weight is 274 g/mol. The van der Waals surface area contributed by atoms with Gasteiger partial charge in [-0.15, -0.1) is 0 Å². The molecule has 0 bridgehead atoms. The van der Waals surface area contributed by atoms with Gasteiger partial charge in [0.05, 0.1) is 13.2 Å². The Hall–Kier alpha value is -1.41. The standard InChI is InChI=1S/C18H26O2/c1-5-14(2)11-15(3)18(19)16(4)12-20-13-17-9-7-6-8-10-17/h6-11,14,16H,5,12-13H2,1-4H3/b15-11+/t14?,16-/m0/s1. The second-order valence-corrected chi connectivity index (χ2v) is 5.50. The third kappa shape index (κ3) is 5.70. The van der Waals surface area contributed by atoms with Crippen LogP contribution in [-0.2, 0) is 16.1 Å². The van der Waals surface area contributed by atoms with Gasteiger partial charge >= 0.3 is 0 Å². The van der Waals surface area contributed by atoms with Crippen LogP contribution in [0.1, 0.15) is 39.7 Å². The van der Waals surface area contributed by atoms with Gasteiger partial charge in [-0.05, 0) is 24.0 Å². The van der Waals surface area contributed by atoms with Crippen molar-refractivity contribution in [1.82, 2.24) is 0 Å².